The Bertz CT molecular complexity index is 1820. The fourth-order valence-electron chi connectivity index (χ4n) is 6.67. The molecule has 1 aliphatic heterocycles. The van der Waals surface area contributed by atoms with Crippen LogP contribution in [0, 0.1) is 11.7 Å². The van der Waals surface area contributed by atoms with Gasteiger partial charge >= 0.3 is 5.97 Å². The number of aromatic nitrogens is 4. The second kappa shape index (κ2) is 14.9. The first-order valence-electron chi connectivity index (χ1n) is 16.1. The summed E-state index contributed by atoms with van der Waals surface area (Å²) in [6.45, 7) is 0.807. The summed E-state index contributed by atoms with van der Waals surface area (Å²) >= 11 is 6.08. The SMILES string of the molecule is O=C(O)c1ccc(CC(=O)[C@H]2c3cccc(OCCC4CCCCC4)c3CCN2C(=O)/C=C/c2c(-n3cnnn3)ccc(Cl)c2F)cc1. The molecule has 48 heavy (non-hydrogen) atoms. The minimum absolute atomic E-state index is 0.00982. The third-order valence-corrected chi connectivity index (χ3v) is 9.44. The normalized spacial score (nSPS) is 16.5. The molecule has 1 N–H and O–H groups in total. The van der Waals surface area contributed by atoms with E-state index in [1.165, 1.54) is 78.4 Å². The maximum absolute atomic E-state index is 15.2. The van der Waals surface area contributed by atoms with Crippen LogP contribution in [-0.4, -0.2) is 61.0 Å². The van der Waals surface area contributed by atoms with Gasteiger partial charge in [0.15, 0.2) is 11.6 Å². The van der Waals surface area contributed by atoms with Crippen molar-refractivity contribution in [3.63, 3.8) is 0 Å². The molecule has 3 aromatic carbocycles. The van der Waals surface area contributed by atoms with Crippen LogP contribution in [0.15, 0.2) is 67.0 Å². The molecule has 1 fully saturated rings. The number of fused-ring (bicyclic) bond motifs is 1. The number of carbonyl (C=O) groups excluding carboxylic acids is 2. The van der Waals surface area contributed by atoms with Crippen LogP contribution in [-0.2, 0) is 22.4 Å². The van der Waals surface area contributed by atoms with Crippen LogP contribution in [0.5, 0.6) is 5.75 Å². The Morgan fingerprint density at radius 1 is 1.04 bits per heavy atom. The summed E-state index contributed by atoms with van der Waals surface area (Å²) in [7, 11) is 0. The second-order valence-corrected chi connectivity index (χ2v) is 12.6. The number of aromatic carboxylic acids is 1. The molecule has 2 heterocycles. The van der Waals surface area contributed by atoms with Gasteiger partial charge in [-0.2, -0.15) is 4.68 Å². The van der Waals surface area contributed by atoms with Gasteiger partial charge in [0.2, 0.25) is 5.91 Å². The number of Topliss-reactive ketones (excluding diaryl/α,β-unsaturated/α-hetero) is 1. The molecule has 1 atom stereocenters. The van der Waals surface area contributed by atoms with E-state index in [0.29, 0.717) is 35.8 Å². The number of ether oxygens (including phenoxy) is 1. The van der Waals surface area contributed by atoms with Crippen LogP contribution in [0.3, 0.4) is 0 Å². The lowest BCUT2D eigenvalue weighted by molar-refractivity contribution is -0.136. The van der Waals surface area contributed by atoms with Crippen LogP contribution < -0.4 is 4.74 Å². The zero-order valence-electron chi connectivity index (χ0n) is 26.2. The van der Waals surface area contributed by atoms with Crippen molar-refractivity contribution in [2.45, 2.75) is 57.4 Å². The highest BCUT2D eigenvalue weighted by molar-refractivity contribution is 6.31. The van der Waals surface area contributed by atoms with Crippen molar-refractivity contribution in [1.82, 2.24) is 25.1 Å². The summed E-state index contributed by atoms with van der Waals surface area (Å²) in [5.74, 6) is -1.18. The summed E-state index contributed by atoms with van der Waals surface area (Å²) in [4.78, 5) is 40.8. The first-order chi connectivity index (χ1) is 23.3. The van der Waals surface area contributed by atoms with Crippen molar-refractivity contribution in [1.29, 1.82) is 0 Å². The fourth-order valence-corrected chi connectivity index (χ4v) is 6.83. The third kappa shape index (κ3) is 7.31. The minimum Gasteiger partial charge on any atom is -0.493 e. The molecular weight excluding hydrogens is 637 g/mol. The number of benzene rings is 3. The first kappa shape index (κ1) is 33.0. The highest BCUT2D eigenvalue weighted by atomic mass is 35.5. The zero-order valence-corrected chi connectivity index (χ0v) is 27.0. The number of ketones is 1. The molecule has 1 aromatic heterocycles. The Balaban J connectivity index is 1.29. The summed E-state index contributed by atoms with van der Waals surface area (Å²) in [6, 6.07) is 13.7. The van der Waals surface area contributed by atoms with E-state index in [4.69, 9.17) is 16.3 Å². The maximum Gasteiger partial charge on any atom is 0.335 e. The standard InChI is InChI=1S/C36H35ClFN5O5/c37-29-14-15-30(43-22-39-40-41-43)28(34(29)38)13-16-33(45)42-19-17-26-27(7-4-8-32(26)48-20-18-23-5-2-1-3-6-23)35(42)31(44)21-24-9-11-25(12-10-24)36(46)47/h4,7-16,22-23,35H,1-3,5-6,17-21H2,(H,46,47)/b16-13+/t35-/m1/s1. The van der Waals surface area contributed by atoms with Gasteiger partial charge in [-0.3, -0.25) is 9.59 Å². The lowest BCUT2D eigenvalue weighted by Crippen LogP contribution is -2.43. The van der Waals surface area contributed by atoms with Crippen molar-refractivity contribution in [3.8, 4) is 11.4 Å². The smallest absolute Gasteiger partial charge is 0.335 e. The van der Waals surface area contributed by atoms with E-state index in [9.17, 15) is 19.5 Å². The molecule has 1 saturated carbocycles. The first-order valence-corrected chi connectivity index (χ1v) is 16.5. The van der Waals surface area contributed by atoms with E-state index in [1.54, 1.807) is 18.2 Å². The van der Waals surface area contributed by atoms with Crippen LogP contribution >= 0.6 is 11.6 Å². The molecule has 12 heteroatoms. The summed E-state index contributed by atoms with van der Waals surface area (Å²) < 4.78 is 22.8. The van der Waals surface area contributed by atoms with Crippen LogP contribution in [0.2, 0.25) is 5.02 Å². The van der Waals surface area contributed by atoms with E-state index in [1.807, 2.05) is 18.2 Å². The maximum atomic E-state index is 15.2. The Labute approximate surface area is 282 Å². The molecular formula is C36H35ClFN5O5. The number of carbonyl (C=O) groups is 3. The molecule has 0 unspecified atom stereocenters. The van der Waals surface area contributed by atoms with E-state index in [0.717, 1.165) is 12.0 Å². The molecule has 4 aromatic rings. The van der Waals surface area contributed by atoms with Gasteiger partial charge in [0.1, 0.15) is 18.1 Å². The van der Waals surface area contributed by atoms with E-state index in [-0.39, 0.29) is 40.6 Å². The Morgan fingerprint density at radius 3 is 2.56 bits per heavy atom. The van der Waals surface area contributed by atoms with Crippen LogP contribution in [0.25, 0.3) is 11.8 Å². The largest absolute Gasteiger partial charge is 0.493 e. The van der Waals surface area contributed by atoms with Crippen LogP contribution in [0.4, 0.5) is 4.39 Å². The quantitative estimate of drug-likeness (QED) is 0.180. The second-order valence-electron chi connectivity index (χ2n) is 12.2. The number of hydrogen-bond donors (Lipinski definition) is 1. The van der Waals surface area contributed by atoms with Gasteiger partial charge in [0, 0.05) is 30.2 Å². The molecule has 0 bridgehead atoms. The van der Waals surface area contributed by atoms with Crippen molar-refractivity contribution >= 4 is 35.3 Å². The van der Waals surface area contributed by atoms with Crippen molar-refractivity contribution < 1.29 is 28.6 Å². The number of carboxylic acids is 1. The zero-order chi connectivity index (χ0) is 33.6. The predicted molar refractivity (Wildman–Crippen MR) is 177 cm³/mol. The molecule has 1 aliphatic carbocycles. The van der Waals surface area contributed by atoms with Gasteiger partial charge in [0.05, 0.1) is 22.9 Å². The number of nitrogens with zero attached hydrogens (tertiary/aromatic N) is 5. The molecule has 6 rings (SSSR count). The van der Waals surface area contributed by atoms with E-state index >= 15 is 4.39 Å². The van der Waals surface area contributed by atoms with Gasteiger partial charge in [-0.1, -0.05) is 68.0 Å². The topological polar surface area (TPSA) is 128 Å². The minimum atomic E-state index is -1.06. The Hall–Kier alpha value is -4.90. The molecule has 10 nitrogen and oxygen atoms in total. The summed E-state index contributed by atoms with van der Waals surface area (Å²) in [5.41, 5.74) is 2.58. The summed E-state index contributed by atoms with van der Waals surface area (Å²) in [6.07, 6.45) is 11.5. The molecule has 0 saturated heterocycles. The average Bonchev–Trinajstić information content (AvgIpc) is 3.64. The van der Waals surface area contributed by atoms with E-state index in [2.05, 4.69) is 15.5 Å². The molecule has 0 spiro atoms. The molecule has 0 radical (unpaired) electrons. The average molecular weight is 672 g/mol. The number of halogens is 2. The summed E-state index contributed by atoms with van der Waals surface area (Å²) in [5, 5.41) is 20.2. The molecule has 1 amide bonds. The number of rotatable bonds is 11. The van der Waals surface area contributed by atoms with Crippen molar-refractivity contribution in [3.05, 3.63) is 106 Å². The lowest BCUT2D eigenvalue weighted by Gasteiger charge is -2.36. The van der Waals surface area contributed by atoms with Gasteiger partial charge < -0.3 is 14.7 Å². The van der Waals surface area contributed by atoms with Gasteiger partial charge in [-0.25, -0.2) is 9.18 Å². The van der Waals surface area contributed by atoms with Crippen molar-refractivity contribution in [2.75, 3.05) is 13.2 Å². The number of amides is 1. The highest BCUT2D eigenvalue weighted by Crippen LogP contribution is 2.37. The third-order valence-electron chi connectivity index (χ3n) is 9.15. The lowest BCUT2D eigenvalue weighted by atomic mass is 9.87. The monoisotopic (exact) mass is 671 g/mol. The molecule has 248 valence electrons. The number of carboxylic acid groups (broad SMARTS) is 1. The van der Waals surface area contributed by atoms with Gasteiger partial charge in [0.25, 0.3) is 0 Å². The fraction of sp³-hybridized carbons (Fsp3) is 0.333. The molecule has 2 aliphatic rings. The van der Waals surface area contributed by atoms with Crippen LogP contribution in [0.1, 0.15) is 77.2 Å². The Morgan fingerprint density at radius 2 is 1.83 bits per heavy atom. The number of tetrazole rings is 1. The predicted octanol–water partition coefficient (Wildman–Crippen LogP) is 6.45. The van der Waals surface area contributed by atoms with E-state index < -0.39 is 23.7 Å². The highest BCUT2D eigenvalue weighted by Gasteiger charge is 2.36. The Kier molecular flexibility index (Phi) is 10.2. The number of hydrogen-bond acceptors (Lipinski definition) is 7. The van der Waals surface area contributed by atoms with Gasteiger partial charge in [-0.05, 0) is 76.7 Å². The van der Waals surface area contributed by atoms with Gasteiger partial charge in [-0.15, -0.1) is 5.10 Å². The van der Waals surface area contributed by atoms with Crippen molar-refractivity contribution in [2.24, 2.45) is 5.92 Å².